The van der Waals surface area contributed by atoms with Gasteiger partial charge in [0.1, 0.15) is 11.5 Å². The Morgan fingerprint density at radius 2 is 1.54 bits per heavy atom. The van der Waals surface area contributed by atoms with Crippen molar-refractivity contribution in [1.82, 2.24) is 4.57 Å². The summed E-state index contributed by atoms with van der Waals surface area (Å²) in [6, 6.07) is 24.1. The van der Waals surface area contributed by atoms with Crippen LogP contribution >= 0.6 is 0 Å². The van der Waals surface area contributed by atoms with Crippen molar-refractivity contribution in [2.75, 3.05) is 11.5 Å². The van der Waals surface area contributed by atoms with Crippen molar-refractivity contribution in [1.29, 1.82) is 0 Å². The Hall–Kier alpha value is -2.63. The van der Waals surface area contributed by atoms with E-state index in [9.17, 15) is 0 Å². The van der Waals surface area contributed by atoms with Crippen LogP contribution in [-0.2, 0) is 10.9 Å². The van der Waals surface area contributed by atoms with Crippen LogP contribution in [-0.4, -0.2) is 16.1 Å². The fourth-order valence-electron chi connectivity index (χ4n) is 4.02. The molecule has 126 valence electrons. The molecule has 0 unspecified atom stereocenters. The zero-order valence-electron chi connectivity index (χ0n) is 14.6. The Labute approximate surface area is 157 Å². The molecule has 0 radical (unpaired) electrons. The van der Waals surface area contributed by atoms with Gasteiger partial charge in [-0.1, -0.05) is 24.1 Å². The molecule has 0 saturated carbocycles. The van der Waals surface area contributed by atoms with Crippen LogP contribution in [0.3, 0.4) is 0 Å². The second-order valence-electron chi connectivity index (χ2n) is 6.83. The quantitative estimate of drug-likeness (QED) is 0.329. The fraction of sp³-hybridized carbons (Fsp3) is 0.167. The average molecular weight is 354 g/mol. The SMILES string of the molecule is C#Cc1ccc2c(c1)c1ccccc1n2-c1ccc([S+]2CCCC2)cc1. The zero-order chi connectivity index (χ0) is 17.5. The highest BCUT2D eigenvalue weighted by Crippen LogP contribution is 2.33. The van der Waals surface area contributed by atoms with E-state index in [-0.39, 0.29) is 0 Å². The number of hydrogen-bond donors (Lipinski definition) is 0. The van der Waals surface area contributed by atoms with Gasteiger partial charge >= 0.3 is 0 Å². The number of terminal acetylenes is 1. The maximum absolute atomic E-state index is 5.62. The van der Waals surface area contributed by atoms with Crippen molar-refractivity contribution < 1.29 is 0 Å². The van der Waals surface area contributed by atoms with Crippen LogP contribution in [0.2, 0.25) is 0 Å². The lowest BCUT2D eigenvalue weighted by Gasteiger charge is -2.08. The van der Waals surface area contributed by atoms with Gasteiger partial charge in [0.2, 0.25) is 0 Å². The largest absolute Gasteiger partial charge is 0.309 e. The number of rotatable bonds is 2. The van der Waals surface area contributed by atoms with E-state index in [4.69, 9.17) is 6.42 Å². The minimum atomic E-state index is 0.464. The summed E-state index contributed by atoms with van der Waals surface area (Å²) in [7, 11) is 0.464. The molecule has 0 N–H and O–H groups in total. The summed E-state index contributed by atoms with van der Waals surface area (Å²) in [6.07, 6.45) is 8.39. The van der Waals surface area contributed by atoms with E-state index < -0.39 is 0 Å². The summed E-state index contributed by atoms with van der Waals surface area (Å²) in [4.78, 5) is 1.52. The number of hydrogen-bond acceptors (Lipinski definition) is 0. The molecular weight excluding hydrogens is 334 g/mol. The molecule has 1 aliphatic heterocycles. The van der Waals surface area contributed by atoms with Gasteiger partial charge in [0.05, 0.1) is 11.0 Å². The smallest absolute Gasteiger partial charge is 0.155 e. The topological polar surface area (TPSA) is 4.93 Å². The zero-order valence-corrected chi connectivity index (χ0v) is 15.4. The molecule has 4 aromatic rings. The molecule has 0 atom stereocenters. The van der Waals surface area contributed by atoms with Gasteiger partial charge in [0, 0.05) is 32.9 Å². The number of fused-ring (bicyclic) bond motifs is 3. The molecule has 0 spiro atoms. The molecular formula is C24H20NS+. The van der Waals surface area contributed by atoms with E-state index in [1.54, 1.807) is 0 Å². The standard InChI is InChI=1S/C24H20NS/c1-2-18-9-14-24-22(17-18)21-7-3-4-8-23(21)25(24)19-10-12-20(13-11-19)26-15-5-6-16-26/h1,3-4,7-14,17H,5-6,15-16H2/q+1. The summed E-state index contributed by atoms with van der Waals surface area (Å²) in [5.74, 6) is 5.49. The van der Waals surface area contributed by atoms with Crippen molar-refractivity contribution in [3.8, 4) is 18.0 Å². The third-order valence-corrected chi connectivity index (χ3v) is 7.80. The molecule has 1 saturated heterocycles. The first-order valence-electron chi connectivity index (χ1n) is 9.13. The molecule has 1 nitrogen and oxygen atoms in total. The Bertz CT molecular complexity index is 1140. The highest BCUT2D eigenvalue weighted by Gasteiger charge is 2.26. The Morgan fingerprint density at radius 3 is 2.31 bits per heavy atom. The van der Waals surface area contributed by atoms with Crippen LogP contribution in [0.1, 0.15) is 18.4 Å². The van der Waals surface area contributed by atoms with Crippen molar-refractivity contribution in [3.05, 3.63) is 72.3 Å². The summed E-state index contributed by atoms with van der Waals surface area (Å²) < 4.78 is 2.35. The van der Waals surface area contributed by atoms with Crippen LogP contribution in [0.15, 0.2) is 71.6 Å². The van der Waals surface area contributed by atoms with E-state index in [0.717, 1.165) is 5.56 Å². The Balaban J connectivity index is 1.71. The van der Waals surface area contributed by atoms with Crippen LogP contribution in [0, 0.1) is 12.3 Å². The molecule has 0 amide bonds. The number of benzene rings is 3. The fourth-order valence-corrected chi connectivity index (χ4v) is 6.32. The first-order valence-corrected chi connectivity index (χ1v) is 10.7. The first-order chi connectivity index (χ1) is 12.8. The number of nitrogens with zero attached hydrogens (tertiary/aromatic N) is 1. The molecule has 1 aromatic heterocycles. The average Bonchev–Trinajstić information content (AvgIpc) is 3.34. The van der Waals surface area contributed by atoms with Crippen molar-refractivity contribution >= 4 is 32.7 Å². The molecule has 26 heavy (non-hydrogen) atoms. The Morgan fingerprint density at radius 1 is 0.808 bits per heavy atom. The highest BCUT2D eigenvalue weighted by atomic mass is 32.2. The minimum Gasteiger partial charge on any atom is -0.309 e. The maximum Gasteiger partial charge on any atom is 0.155 e. The predicted octanol–water partition coefficient (Wildman–Crippen LogP) is 5.54. The summed E-state index contributed by atoms with van der Waals surface area (Å²) in [5, 5.41) is 2.47. The third kappa shape index (κ3) is 2.43. The molecule has 3 aromatic carbocycles. The van der Waals surface area contributed by atoms with Crippen molar-refractivity contribution in [2.45, 2.75) is 17.7 Å². The maximum atomic E-state index is 5.62. The minimum absolute atomic E-state index is 0.464. The summed E-state index contributed by atoms with van der Waals surface area (Å²) >= 11 is 0. The summed E-state index contributed by atoms with van der Waals surface area (Å²) in [5.41, 5.74) is 4.59. The lowest BCUT2D eigenvalue weighted by molar-refractivity contribution is 0.949. The van der Waals surface area contributed by atoms with Crippen LogP contribution in [0.4, 0.5) is 0 Å². The van der Waals surface area contributed by atoms with Crippen molar-refractivity contribution in [2.24, 2.45) is 0 Å². The van der Waals surface area contributed by atoms with Crippen molar-refractivity contribution in [3.63, 3.8) is 0 Å². The Kier molecular flexibility index (Phi) is 3.76. The van der Waals surface area contributed by atoms with E-state index in [1.807, 2.05) is 6.07 Å². The van der Waals surface area contributed by atoms with Gasteiger partial charge in [-0.2, -0.15) is 0 Å². The second-order valence-corrected chi connectivity index (χ2v) is 9.10. The lowest BCUT2D eigenvalue weighted by atomic mass is 10.1. The third-order valence-electron chi connectivity index (χ3n) is 5.30. The molecule has 2 heterocycles. The highest BCUT2D eigenvalue weighted by molar-refractivity contribution is 7.97. The predicted molar refractivity (Wildman–Crippen MR) is 113 cm³/mol. The molecule has 0 aliphatic carbocycles. The van der Waals surface area contributed by atoms with Gasteiger partial charge in [-0.05, 0) is 61.4 Å². The molecule has 1 aliphatic rings. The van der Waals surface area contributed by atoms with Gasteiger partial charge in [0.15, 0.2) is 4.90 Å². The van der Waals surface area contributed by atoms with E-state index >= 15 is 0 Å². The van der Waals surface area contributed by atoms with Gasteiger partial charge in [-0.25, -0.2) is 0 Å². The molecule has 0 bridgehead atoms. The van der Waals surface area contributed by atoms with Crippen LogP contribution < -0.4 is 0 Å². The van der Waals surface area contributed by atoms with E-state index in [1.165, 1.54) is 56.7 Å². The van der Waals surface area contributed by atoms with Crippen LogP contribution in [0.25, 0.3) is 27.5 Å². The van der Waals surface area contributed by atoms with E-state index in [0.29, 0.717) is 10.9 Å². The molecule has 1 fully saturated rings. The van der Waals surface area contributed by atoms with E-state index in [2.05, 4.69) is 71.2 Å². The first kappa shape index (κ1) is 15.6. The monoisotopic (exact) mass is 354 g/mol. The van der Waals surface area contributed by atoms with Crippen LogP contribution in [0.5, 0.6) is 0 Å². The number of aromatic nitrogens is 1. The van der Waals surface area contributed by atoms with Gasteiger partial charge in [-0.15, -0.1) is 6.42 Å². The molecule has 2 heteroatoms. The molecule has 5 rings (SSSR count). The van der Waals surface area contributed by atoms with Gasteiger partial charge in [-0.3, -0.25) is 0 Å². The van der Waals surface area contributed by atoms with Gasteiger partial charge < -0.3 is 4.57 Å². The second kappa shape index (κ2) is 6.27. The normalized spacial score (nSPS) is 14.9. The number of para-hydroxylation sites is 1. The lowest BCUT2D eigenvalue weighted by Crippen LogP contribution is -2.04. The van der Waals surface area contributed by atoms with Gasteiger partial charge in [0.25, 0.3) is 0 Å². The summed E-state index contributed by atoms with van der Waals surface area (Å²) in [6.45, 7) is 0.